The van der Waals surface area contributed by atoms with Crippen molar-refractivity contribution in [3.63, 3.8) is 0 Å². The highest BCUT2D eigenvalue weighted by molar-refractivity contribution is 5.76. The van der Waals surface area contributed by atoms with E-state index in [2.05, 4.69) is 15.1 Å². The van der Waals surface area contributed by atoms with Gasteiger partial charge < -0.3 is 10.5 Å². The topological polar surface area (TPSA) is 91.2 Å². The highest BCUT2D eigenvalue weighted by Gasteiger charge is 2.14. The van der Waals surface area contributed by atoms with Gasteiger partial charge in [0.05, 0.1) is 25.0 Å². The Balaban J connectivity index is 1.77. The lowest BCUT2D eigenvalue weighted by atomic mass is 10.1. The summed E-state index contributed by atoms with van der Waals surface area (Å²) in [5, 5.41) is 4.35. The largest absolute Gasteiger partial charge is 0.481 e. The molecule has 4 heterocycles. The van der Waals surface area contributed by atoms with Gasteiger partial charge in [-0.3, -0.25) is 4.98 Å². The second-order valence-electron chi connectivity index (χ2n) is 5.53. The van der Waals surface area contributed by atoms with Gasteiger partial charge in [-0.15, -0.1) is 0 Å². The monoisotopic (exact) mass is 332 g/mol. The predicted molar refractivity (Wildman–Crippen MR) is 93.0 cm³/mol. The van der Waals surface area contributed by atoms with Crippen LogP contribution in [0.1, 0.15) is 17.3 Å². The Labute approximate surface area is 144 Å². The minimum absolute atomic E-state index is 0.351. The predicted octanol–water partition coefficient (Wildman–Crippen LogP) is 2.24. The SMILES string of the molecule is COc1ccc(-c2cnn3ccc(C(N)c4cccnc4)nc23)cn1. The average molecular weight is 332 g/mol. The summed E-state index contributed by atoms with van der Waals surface area (Å²) in [7, 11) is 1.59. The zero-order valence-electron chi connectivity index (χ0n) is 13.6. The molecule has 0 bridgehead atoms. The normalized spacial score (nSPS) is 12.2. The number of methoxy groups -OCH3 is 1. The van der Waals surface area contributed by atoms with Crippen molar-refractivity contribution in [1.82, 2.24) is 24.6 Å². The molecule has 4 aromatic rings. The molecule has 0 fully saturated rings. The molecule has 0 aromatic carbocycles. The molecule has 0 aliphatic heterocycles. The summed E-state index contributed by atoms with van der Waals surface area (Å²) in [5.74, 6) is 0.562. The van der Waals surface area contributed by atoms with Crippen LogP contribution in [0.3, 0.4) is 0 Å². The Morgan fingerprint density at radius 3 is 2.76 bits per heavy atom. The van der Waals surface area contributed by atoms with Crippen LogP contribution >= 0.6 is 0 Å². The van der Waals surface area contributed by atoms with E-state index in [4.69, 9.17) is 15.5 Å². The molecule has 1 atom stereocenters. The van der Waals surface area contributed by atoms with Crippen molar-refractivity contribution >= 4 is 5.65 Å². The highest BCUT2D eigenvalue weighted by atomic mass is 16.5. The Morgan fingerprint density at radius 2 is 2.04 bits per heavy atom. The van der Waals surface area contributed by atoms with Gasteiger partial charge in [-0.05, 0) is 23.8 Å². The van der Waals surface area contributed by atoms with Crippen molar-refractivity contribution in [1.29, 1.82) is 0 Å². The summed E-state index contributed by atoms with van der Waals surface area (Å²) in [6.07, 6.45) is 8.84. The van der Waals surface area contributed by atoms with E-state index in [1.807, 2.05) is 36.5 Å². The van der Waals surface area contributed by atoms with Crippen LogP contribution in [0.25, 0.3) is 16.8 Å². The van der Waals surface area contributed by atoms with Crippen molar-refractivity contribution in [2.24, 2.45) is 5.73 Å². The first-order chi connectivity index (χ1) is 12.3. The van der Waals surface area contributed by atoms with Crippen molar-refractivity contribution < 1.29 is 4.74 Å². The van der Waals surface area contributed by atoms with E-state index < -0.39 is 0 Å². The summed E-state index contributed by atoms with van der Waals surface area (Å²) in [4.78, 5) is 13.1. The Morgan fingerprint density at radius 1 is 1.12 bits per heavy atom. The average Bonchev–Trinajstić information content (AvgIpc) is 3.11. The molecule has 7 nitrogen and oxygen atoms in total. The van der Waals surface area contributed by atoms with Crippen LogP contribution in [0.4, 0.5) is 0 Å². The smallest absolute Gasteiger partial charge is 0.212 e. The molecule has 4 aromatic heterocycles. The van der Waals surface area contributed by atoms with Crippen LogP contribution in [0.2, 0.25) is 0 Å². The minimum atomic E-state index is -0.351. The highest BCUT2D eigenvalue weighted by Crippen LogP contribution is 2.25. The molecule has 0 spiro atoms. The summed E-state index contributed by atoms with van der Waals surface area (Å²) < 4.78 is 6.82. The van der Waals surface area contributed by atoms with Crippen LogP contribution in [-0.2, 0) is 0 Å². The number of nitrogens with zero attached hydrogens (tertiary/aromatic N) is 5. The second-order valence-corrected chi connectivity index (χ2v) is 5.53. The third-order valence-corrected chi connectivity index (χ3v) is 4.01. The number of hydrogen-bond acceptors (Lipinski definition) is 6. The van der Waals surface area contributed by atoms with Gasteiger partial charge in [0.25, 0.3) is 0 Å². The van der Waals surface area contributed by atoms with Crippen LogP contribution in [0.15, 0.2) is 61.3 Å². The molecule has 0 aliphatic rings. The van der Waals surface area contributed by atoms with Crippen LogP contribution < -0.4 is 10.5 Å². The molecule has 25 heavy (non-hydrogen) atoms. The molecule has 4 rings (SSSR count). The molecule has 2 N–H and O–H groups in total. The van der Waals surface area contributed by atoms with Crippen LogP contribution in [-0.4, -0.2) is 31.7 Å². The Hall–Kier alpha value is -3.32. The summed E-state index contributed by atoms with van der Waals surface area (Å²) in [6, 6.07) is 9.06. The molecule has 0 amide bonds. The first-order valence-electron chi connectivity index (χ1n) is 7.76. The second kappa shape index (κ2) is 6.29. The Bertz CT molecular complexity index is 997. The lowest BCUT2D eigenvalue weighted by Gasteiger charge is -2.11. The fourth-order valence-corrected chi connectivity index (χ4v) is 2.65. The van der Waals surface area contributed by atoms with Crippen molar-refractivity contribution in [3.05, 3.63) is 72.6 Å². The standard InChI is InChI=1S/C18H16N6O/c1-25-16-5-4-12(10-21-16)14-11-22-24-8-6-15(23-18(14)24)17(19)13-3-2-7-20-9-13/h2-11,17H,19H2,1H3. The number of ether oxygens (including phenoxy) is 1. The van der Waals surface area contributed by atoms with Gasteiger partial charge in [-0.1, -0.05) is 6.07 Å². The molecular weight excluding hydrogens is 316 g/mol. The van der Waals surface area contributed by atoms with Crippen molar-refractivity contribution in [3.8, 4) is 17.0 Å². The van der Waals surface area contributed by atoms with E-state index in [1.54, 1.807) is 36.4 Å². The zero-order valence-corrected chi connectivity index (χ0v) is 13.6. The fourth-order valence-electron chi connectivity index (χ4n) is 2.65. The van der Waals surface area contributed by atoms with E-state index in [9.17, 15) is 0 Å². The third-order valence-electron chi connectivity index (χ3n) is 4.01. The van der Waals surface area contributed by atoms with E-state index in [0.717, 1.165) is 28.0 Å². The molecular formula is C18H16N6O. The molecule has 0 aliphatic carbocycles. The maximum Gasteiger partial charge on any atom is 0.212 e. The molecule has 0 saturated heterocycles. The molecule has 0 radical (unpaired) electrons. The number of nitrogens with two attached hydrogens (primary N) is 1. The minimum Gasteiger partial charge on any atom is -0.481 e. The molecule has 0 saturated carbocycles. The van der Waals surface area contributed by atoms with Gasteiger partial charge >= 0.3 is 0 Å². The molecule has 124 valence electrons. The number of hydrogen-bond donors (Lipinski definition) is 1. The van der Waals surface area contributed by atoms with E-state index >= 15 is 0 Å². The summed E-state index contributed by atoms with van der Waals surface area (Å²) in [5.41, 5.74) is 10.5. The molecule has 1 unspecified atom stereocenters. The van der Waals surface area contributed by atoms with Gasteiger partial charge in [0.15, 0.2) is 5.65 Å². The van der Waals surface area contributed by atoms with Crippen LogP contribution in [0.5, 0.6) is 5.88 Å². The number of pyridine rings is 2. The zero-order chi connectivity index (χ0) is 17.2. The quantitative estimate of drug-likeness (QED) is 0.616. The van der Waals surface area contributed by atoms with Crippen molar-refractivity contribution in [2.45, 2.75) is 6.04 Å². The lowest BCUT2D eigenvalue weighted by Crippen LogP contribution is -2.14. The van der Waals surface area contributed by atoms with Gasteiger partial charge in [0, 0.05) is 42.0 Å². The van der Waals surface area contributed by atoms with E-state index in [1.165, 1.54) is 0 Å². The number of aromatic nitrogens is 5. The van der Waals surface area contributed by atoms with Crippen LogP contribution in [0, 0.1) is 0 Å². The maximum absolute atomic E-state index is 6.34. The van der Waals surface area contributed by atoms with E-state index in [0.29, 0.717) is 5.88 Å². The summed E-state index contributed by atoms with van der Waals surface area (Å²) >= 11 is 0. The number of fused-ring (bicyclic) bond motifs is 1. The summed E-state index contributed by atoms with van der Waals surface area (Å²) in [6.45, 7) is 0. The van der Waals surface area contributed by atoms with Gasteiger partial charge in [0.2, 0.25) is 5.88 Å². The third kappa shape index (κ3) is 2.81. The van der Waals surface area contributed by atoms with Gasteiger partial charge in [-0.25, -0.2) is 14.5 Å². The lowest BCUT2D eigenvalue weighted by molar-refractivity contribution is 0.398. The van der Waals surface area contributed by atoms with Crippen molar-refractivity contribution in [2.75, 3.05) is 7.11 Å². The Kier molecular flexibility index (Phi) is 3.83. The maximum atomic E-state index is 6.34. The number of rotatable bonds is 4. The fraction of sp³-hybridized carbons (Fsp3) is 0.111. The van der Waals surface area contributed by atoms with E-state index in [-0.39, 0.29) is 6.04 Å². The first kappa shape index (κ1) is 15.2. The van der Waals surface area contributed by atoms with Gasteiger partial charge in [-0.2, -0.15) is 5.10 Å². The van der Waals surface area contributed by atoms with Gasteiger partial charge in [0.1, 0.15) is 0 Å². The first-order valence-corrected chi connectivity index (χ1v) is 7.76. The molecule has 7 heteroatoms.